The molecule has 0 aliphatic heterocycles. The molecule has 0 rings (SSSR count). The van der Waals surface area contributed by atoms with Crippen molar-refractivity contribution in [3.05, 3.63) is 12.2 Å². The van der Waals surface area contributed by atoms with Gasteiger partial charge in [0.15, 0.2) is 0 Å². The normalized spacial score (nSPS) is 17.6. The Bertz CT molecular complexity index is 1540. The van der Waals surface area contributed by atoms with Crippen LogP contribution in [0.1, 0.15) is 6.92 Å². The number of hydrogen-bond acceptors (Lipinski definition) is 2. The molecule has 0 amide bonds. The van der Waals surface area contributed by atoms with Crippen LogP contribution in [0.2, 0.25) is 0 Å². The first-order chi connectivity index (χ1) is 24.3. The zero-order valence-electron chi connectivity index (χ0n) is 25.3. The maximum absolute atomic E-state index is 15.2. The Labute approximate surface area is 290 Å². The van der Waals surface area contributed by atoms with Gasteiger partial charge in [-0.2, -0.15) is 149 Å². The molecule has 0 fully saturated rings. The van der Waals surface area contributed by atoms with Crippen molar-refractivity contribution in [1.29, 1.82) is 0 Å². The molecule has 37 heteroatoms. The molecule has 0 aromatic rings. The molecule has 0 bridgehead atoms. The number of rotatable bonds is 15. The molecule has 0 aromatic carbocycles. The van der Waals surface area contributed by atoms with E-state index in [1.54, 1.807) is 4.74 Å². The highest BCUT2D eigenvalue weighted by atomic mass is 19.5. The Morgan fingerprint density at radius 3 is 0.690 bits per heavy atom. The largest absolute Gasteiger partial charge is 0.460 e. The minimum Gasteiger partial charge on any atom is -0.413 e. The van der Waals surface area contributed by atoms with Gasteiger partial charge in [-0.25, -0.2) is 9.18 Å². The van der Waals surface area contributed by atoms with E-state index >= 15 is 4.39 Å². The van der Waals surface area contributed by atoms with Crippen molar-refractivity contribution >= 4 is 5.97 Å². The van der Waals surface area contributed by atoms with E-state index in [9.17, 15) is 154 Å². The molecule has 346 valence electrons. The third-order valence-electron chi connectivity index (χ3n) is 6.90. The fourth-order valence-corrected chi connectivity index (χ4v) is 3.43. The lowest BCUT2D eigenvalue weighted by Crippen LogP contribution is -2.81. The van der Waals surface area contributed by atoms with Gasteiger partial charge in [-0.3, -0.25) is 0 Å². The van der Waals surface area contributed by atoms with Gasteiger partial charge in [-0.1, -0.05) is 6.58 Å². The summed E-state index contributed by atoms with van der Waals surface area (Å²) in [4.78, 5) is 11.4. The summed E-state index contributed by atoms with van der Waals surface area (Å²) in [6.45, 7) is 1.44. The quantitative estimate of drug-likeness (QED) is 0.0929. The van der Waals surface area contributed by atoms with Crippen LogP contribution in [0, 0.1) is 0 Å². The van der Waals surface area contributed by atoms with E-state index in [2.05, 4.69) is 0 Å². The van der Waals surface area contributed by atoms with Gasteiger partial charge in [0.05, 0.1) is 0 Å². The monoisotopic (exact) mass is 954 g/mol. The van der Waals surface area contributed by atoms with Gasteiger partial charge in [0.1, 0.15) is 0 Å². The second-order valence-electron chi connectivity index (χ2n) is 10.8. The molecule has 0 N–H and O–H groups in total. The average molecular weight is 954 g/mol. The Kier molecular flexibility index (Phi) is 12.6. The molecule has 0 aromatic heterocycles. The van der Waals surface area contributed by atoms with Crippen LogP contribution in [0.4, 0.5) is 154 Å². The summed E-state index contributed by atoms with van der Waals surface area (Å²) in [5.74, 6) is -134. The van der Waals surface area contributed by atoms with E-state index in [-0.39, 0.29) is 0 Å². The second-order valence-corrected chi connectivity index (χ2v) is 10.8. The van der Waals surface area contributed by atoms with E-state index in [1.165, 1.54) is 0 Å². The van der Waals surface area contributed by atoms with Gasteiger partial charge in [-0.15, -0.1) is 0 Å². The van der Waals surface area contributed by atoms with Gasteiger partial charge < -0.3 is 4.74 Å². The Hall–Kier alpha value is -3.24. The molecule has 58 heavy (non-hydrogen) atoms. The van der Waals surface area contributed by atoms with Crippen molar-refractivity contribution in [1.82, 2.24) is 0 Å². The summed E-state index contributed by atoms with van der Waals surface area (Å²) in [5, 5.41) is 0. The molecule has 0 spiro atoms. The Morgan fingerprint density at radius 1 is 0.310 bits per heavy atom. The van der Waals surface area contributed by atoms with Crippen molar-refractivity contribution < 1.29 is 163 Å². The molecule has 0 heterocycles. The summed E-state index contributed by atoms with van der Waals surface area (Å²) < 4.78 is 479. The smallest absolute Gasteiger partial charge is 0.413 e. The number of esters is 1. The molecule has 0 saturated carbocycles. The first-order valence-electron chi connectivity index (χ1n) is 12.3. The van der Waals surface area contributed by atoms with Gasteiger partial charge >= 0.3 is 107 Å². The summed E-state index contributed by atoms with van der Waals surface area (Å²) in [7, 11) is 0. The molecule has 0 saturated heterocycles. The van der Waals surface area contributed by atoms with E-state index in [4.69, 9.17) is 0 Å². The molecule has 0 aliphatic rings. The van der Waals surface area contributed by atoms with Crippen LogP contribution in [-0.2, 0) is 9.53 Å². The molecular weight excluding hydrogens is 949 g/mol. The van der Waals surface area contributed by atoms with E-state index < -0.39 is 120 Å². The fourth-order valence-electron chi connectivity index (χ4n) is 3.43. The third-order valence-corrected chi connectivity index (χ3v) is 6.90. The number of halogens is 35. The van der Waals surface area contributed by atoms with Gasteiger partial charge in [0.2, 0.25) is 0 Å². The minimum absolute atomic E-state index is 0.444. The Balaban J connectivity index is 8.49. The maximum atomic E-state index is 15.2. The minimum atomic E-state index is -10.4. The molecule has 0 radical (unpaired) electrons. The summed E-state index contributed by atoms with van der Waals surface area (Å²) >= 11 is 0. The highest BCUT2D eigenvalue weighted by Gasteiger charge is 3.03. The summed E-state index contributed by atoms with van der Waals surface area (Å²) in [5.41, 5.74) is -11.9. The van der Waals surface area contributed by atoms with Crippen LogP contribution in [-0.4, -0.2) is 107 Å². The van der Waals surface area contributed by atoms with Crippen LogP contribution in [0.5, 0.6) is 0 Å². The van der Waals surface area contributed by atoms with Crippen LogP contribution in [0.3, 0.4) is 0 Å². The van der Waals surface area contributed by atoms with Crippen molar-refractivity contribution in [2.45, 2.75) is 108 Å². The second kappa shape index (κ2) is 13.4. The zero-order chi connectivity index (χ0) is 48.4. The number of carbonyl (C=O) groups excluding carboxylic acids is 1. The summed E-state index contributed by atoms with van der Waals surface area (Å²) in [6.07, 6.45) is -26.3. The van der Waals surface area contributed by atoms with Crippen molar-refractivity contribution in [2.24, 2.45) is 0 Å². The SMILES string of the molecule is C=C(C)C(=O)OC(F)(C(F)(F)C(F)(F)C(F)(F)C(F)(F)C(F)(F)C(F)(F)F)C(F)(F)C(F)(F)C(F)(F)C(F)(F)C(F)(F)C(F)(F)C(F)(F)C(F)(C(F)(F)F)C(F)(F)F. The molecule has 1 unspecified atom stereocenters. The number of carbonyl (C=O) groups is 1. The lowest BCUT2D eigenvalue weighted by atomic mass is 9.80. The number of alkyl halides is 35. The van der Waals surface area contributed by atoms with Crippen LogP contribution < -0.4 is 0 Å². The van der Waals surface area contributed by atoms with Gasteiger partial charge in [0, 0.05) is 5.57 Å². The lowest BCUT2D eigenvalue weighted by Gasteiger charge is -2.48. The maximum Gasteiger partial charge on any atom is 0.460 e. The van der Waals surface area contributed by atoms with Crippen LogP contribution >= 0.6 is 0 Å². The number of hydrogen-bond donors (Lipinski definition) is 0. The van der Waals surface area contributed by atoms with E-state index in [0.29, 0.717) is 0 Å². The van der Waals surface area contributed by atoms with Gasteiger partial charge in [-0.05, 0) is 6.92 Å². The predicted octanol–water partition coefficient (Wildman–Crippen LogP) is 11.8. The topological polar surface area (TPSA) is 26.3 Å². The highest BCUT2D eigenvalue weighted by Crippen LogP contribution is 2.70. The van der Waals surface area contributed by atoms with Crippen LogP contribution in [0.25, 0.3) is 0 Å². The third kappa shape index (κ3) is 6.30. The van der Waals surface area contributed by atoms with Crippen molar-refractivity contribution in [3.8, 4) is 0 Å². The van der Waals surface area contributed by atoms with Crippen molar-refractivity contribution in [3.63, 3.8) is 0 Å². The molecular formula is C21H5F35O2. The Morgan fingerprint density at radius 2 is 0.500 bits per heavy atom. The zero-order valence-corrected chi connectivity index (χ0v) is 25.3. The van der Waals surface area contributed by atoms with E-state index in [0.717, 1.165) is 0 Å². The molecule has 2 nitrogen and oxygen atoms in total. The molecule has 0 aliphatic carbocycles. The van der Waals surface area contributed by atoms with Gasteiger partial charge in [0.25, 0.3) is 0 Å². The highest BCUT2D eigenvalue weighted by molar-refractivity contribution is 5.87. The fraction of sp³-hybridized carbons (Fsp3) is 0.857. The first kappa shape index (κ1) is 54.8. The first-order valence-corrected chi connectivity index (χ1v) is 12.3. The lowest BCUT2D eigenvalue weighted by molar-refractivity contribution is -0.501. The molecule has 1 atom stereocenters. The average Bonchev–Trinajstić information content (AvgIpc) is 2.97. The standard InChI is InChI=1S/C21H5F35O2/c1-3(2)4(57)58-18(47,16(43,44)13(37,38)11(33,34)14(39,40)17(45,46)21(54,55)56)15(41,42)12(35,36)10(31,32)9(29,30)8(27,28)7(25,26)6(23,24)5(22,19(48,49)50)20(51,52)53/h1H2,2H3. The van der Waals surface area contributed by atoms with Crippen molar-refractivity contribution in [2.75, 3.05) is 0 Å². The van der Waals surface area contributed by atoms with Crippen LogP contribution in [0.15, 0.2) is 12.2 Å². The summed E-state index contributed by atoms with van der Waals surface area (Å²) in [6, 6.07) is 0. The number of ether oxygens (including phenoxy) is 1. The van der Waals surface area contributed by atoms with E-state index in [1.807, 2.05) is 6.58 Å². The predicted molar refractivity (Wildman–Crippen MR) is 106 cm³/mol.